The van der Waals surface area contributed by atoms with Gasteiger partial charge in [-0.05, 0) is 49.6 Å². The van der Waals surface area contributed by atoms with Gasteiger partial charge >= 0.3 is 5.97 Å². The summed E-state index contributed by atoms with van der Waals surface area (Å²) in [7, 11) is 0. The van der Waals surface area contributed by atoms with Crippen LogP contribution in [-0.2, 0) is 16.1 Å². The maximum atomic E-state index is 13.2. The molecule has 3 aromatic rings. The lowest BCUT2D eigenvalue weighted by Crippen LogP contribution is -2.51. The number of amides is 2. The molecular weight excluding hydrogens is 494 g/mol. The van der Waals surface area contributed by atoms with Crippen molar-refractivity contribution in [2.45, 2.75) is 39.2 Å². The molecule has 2 atom stereocenters. The molecule has 1 saturated carbocycles. The topological polar surface area (TPSA) is 108 Å². The van der Waals surface area contributed by atoms with Gasteiger partial charge in [-0.2, -0.15) is 5.10 Å². The van der Waals surface area contributed by atoms with Gasteiger partial charge in [-0.15, -0.1) is 0 Å². The summed E-state index contributed by atoms with van der Waals surface area (Å²) in [5.74, 6) is -2.03. The van der Waals surface area contributed by atoms with Crippen LogP contribution in [0.1, 0.15) is 43.1 Å². The van der Waals surface area contributed by atoms with Gasteiger partial charge in [0.2, 0.25) is 5.91 Å². The zero-order chi connectivity index (χ0) is 27.4. The van der Waals surface area contributed by atoms with Crippen LogP contribution < -0.4 is 10.2 Å². The number of nitrogens with one attached hydrogen (secondary N) is 1. The van der Waals surface area contributed by atoms with Gasteiger partial charge in [0.1, 0.15) is 5.69 Å². The molecule has 5 rings (SSSR count). The largest absolute Gasteiger partial charge is 0.481 e. The second-order valence-corrected chi connectivity index (χ2v) is 10.3. The van der Waals surface area contributed by atoms with Gasteiger partial charge in [-0.1, -0.05) is 43.7 Å². The van der Waals surface area contributed by atoms with Gasteiger partial charge in [0.25, 0.3) is 5.91 Å². The molecule has 1 aliphatic carbocycles. The second kappa shape index (κ2) is 11.7. The molecule has 0 bridgehead atoms. The minimum atomic E-state index is -0.858. The Labute approximate surface area is 228 Å². The summed E-state index contributed by atoms with van der Waals surface area (Å²) in [5.41, 5.74) is 3.98. The molecule has 1 aromatic heterocycles. The fraction of sp³-hybridized carbons (Fsp3) is 0.400. The van der Waals surface area contributed by atoms with E-state index in [1.807, 2.05) is 65.6 Å². The van der Waals surface area contributed by atoms with Crippen LogP contribution >= 0.6 is 0 Å². The minimum absolute atomic E-state index is 0.0182. The molecular formula is C30H35N5O4. The summed E-state index contributed by atoms with van der Waals surface area (Å²) in [5, 5.41) is 17.1. The molecule has 39 heavy (non-hydrogen) atoms. The van der Waals surface area contributed by atoms with Crippen molar-refractivity contribution in [1.82, 2.24) is 14.7 Å². The molecule has 9 heteroatoms. The van der Waals surface area contributed by atoms with Crippen LogP contribution in [0.4, 0.5) is 11.4 Å². The SMILES string of the molecule is CCCn1nc(-c2ccccc2)cc1C(=O)Nc1ccc(N2CCN(C(=O)C3CCC[C@@H]3C(=O)O)CC2)cc1. The van der Waals surface area contributed by atoms with E-state index in [9.17, 15) is 19.5 Å². The van der Waals surface area contributed by atoms with E-state index in [1.54, 1.807) is 4.68 Å². The number of rotatable bonds is 8. The quantitative estimate of drug-likeness (QED) is 0.449. The van der Waals surface area contributed by atoms with Gasteiger partial charge in [0, 0.05) is 49.7 Å². The predicted octanol–water partition coefficient (Wildman–Crippen LogP) is 4.36. The lowest BCUT2D eigenvalue weighted by atomic mass is 9.94. The Balaban J connectivity index is 1.19. The van der Waals surface area contributed by atoms with Crippen molar-refractivity contribution >= 4 is 29.2 Å². The Hall–Kier alpha value is -4.14. The maximum absolute atomic E-state index is 13.2. The Morgan fingerprint density at radius 1 is 0.949 bits per heavy atom. The van der Waals surface area contributed by atoms with Crippen molar-refractivity contribution in [3.05, 3.63) is 66.4 Å². The smallest absolute Gasteiger partial charge is 0.307 e. The third kappa shape index (κ3) is 5.82. The molecule has 1 aliphatic heterocycles. The summed E-state index contributed by atoms with van der Waals surface area (Å²) in [6, 6.07) is 19.4. The van der Waals surface area contributed by atoms with E-state index in [0.717, 1.165) is 29.8 Å². The fourth-order valence-corrected chi connectivity index (χ4v) is 5.65. The van der Waals surface area contributed by atoms with Gasteiger partial charge in [-0.3, -0.25) is 19.1 Å². The zero-order valence-corrected chi connectivity index (χ0v) is 22.3. The number of aromatic nitrogens is 2. The molecule has 0 spiro atoms. The third-order valence-electron chi connectivity index (χ3n) is 7.75. The monoisotopic (exact) mass is 529 g/mol. The van der Waals surface area contributed by atoms with Gasteiger partial charge < -0.3 is 20.2 Å². The first-order valence-electron chi connectivity index (χ1n) is 13.8. The molecule has 2 N–H and O–H groups in total. The van der Waals surface area contributed by atoms with Crippen LogP contribution in [0.5, 0.6) is 0 Å². The number of carbonyl (C=O) groups excluding carboxylic acids is 2. The predicted molar refractivity (Wildman–Crippen MR) is 150 cm³/mol. The second-order valence-electron chi connectivity index (χ2n) is 10.3. The van der Waals surface area contributed by atoms with Crippen molar-refractivity contribution in [2.75, 3.05) is 36.4 Å². The van der Waals surface area contributed by atoms with Crippen LogP contribution in [-0.4, -0.2) is 63.7 Å². The van der Waals surface area contributed by atoms with E-state index in [4.69, 9.17) is 0 Å². The van der Waals surface area contributed by atoms with Crippen LogP contribution in [0.25, 0.3) is 11.3 Å². The lowest BCUT2D eigenvalue weighted by Gasteiger charge is -2.37. The number of aliphatic carboxylic acids is 1. The zero-order valence-electron chi connectivity index (χ0n) is 22.3. The normalized spacial score (nSPS) is 19.2. The van der Waals surface area contributed by atoms with Crippen molar-refractivity contribution in [3.63, 3.8) is 0 Å². The van der Waals surface area contributed by atoms with E-state index in [0.29, 0.717) is 56.9 Å². The van der Waals surface area contributed by atoms with Gasteiger partial charge in [0.05, 0.1) is 17.5 Å². The van der Waals surface area contributed by atoms with Gasteiger partial charge in [0.15, 0.2) is 0 Å². The van der Waals surface area contributed by atoms with Crippen LogP contribution in [0.15, 0.2) is 60.7 Å². The molecule has 2 aliphatic rings. The minimum Gasteiger partial charge on any atom is -0.481 e. The van der Waals surface area contributed by atoms with Crippen LogP contribution in [0.2, 0.25) is 0 Å². The molecule has 1 saturated heterocycles. The number of aryl methyl sites for hydroxylation is 1. The summed E-state index contributed by atoms with van der Waals surface area (Å²) in [4.78, 5) is 41.7. The molecule has 0 radical (unpaired) electrons. The van der Waals surface area contributed by atoms with Crippen LogP contribution in [0.3, 0.4) is 0 Å². The standard InChI is InChI=1S/C30H35N5O4/c1-2-15-35-27(20-26(32-35)21-7-4-3-5-8-21)28(36)31-22-11-13-23(14-12-22)33-16-18-34(19-17-33)29(37)24-9-6-10-25(24)30(38)39/h3-5,7-8,11-14,20,24-25H,2,6,9-10,15-19H2,1H3,(H,31,36)(H,38,39)/t24?,25-/m0/s1. The number of carbonyl (C=O) groups is 3. The maximum Gasteiger partial charge on any atom is 0.307 e. The Morgan fingerprint density at radius 3 is 2.31 bits per heavy atom. The lowest BCUT2D eigenvalue weighted by molar-refractivity contribution is -0.149. The third-order valence-corrected chi connectivity index (χ3v) is 7.75. The fourth-order valence-electron chi connectivity index (χ4n) is 5.65. The first kappa shape index (κ1) is 26.5. The summed E-state index contributed by atoms with van der Waals surface area (Å²) in [6.45, 7) is 5.22. The number of benzene rings is 2. The van der Waals surface area contributed by atoms with Crippen molar-refractivity contribution in [3.8, 4) is 11.3 Å². The highest BCUT2D eigenvalue weighted by Crippen LogP contribution is 2.34. The Bertz CT molecular complexity index is 1310. The first-order chi connectivity index (χ1) is 18.9. The number of anilines is 2. The molecule has 204 valence electrons. The molecule has 2 aromatic carbocycles. The number of nitrogens with zero attached hydrogens (tertiary/aromatic N) is 4. The van der Waals surface area contributed by atoms with E-state index < -0.39 is 17.8 Å². The Kier molecular flexibility index (Phi) is 7.95. The number of hydrogen-bond donors (Lipinski definition) is 2. The average molecular weight is 530 g/mol. The molecule has 2 heterocycles. The van der Waals surface area contributed by atoms with Crippen LogP contribution in [0, 0.1) is 11.8 Å². The number of piperazine rings is 1. The number of hydrogen-bond acceptors (Lipinski definition) is 5. The highest BCUT2D eigenvalue weighted by molar-refractivity contribution is 6.03. The molecule has 2 amide bonds. The van der Waals surface area contributed by atoms with Gasteiger partial charge in [-0.25, -0.2) is 0 Å². The average Bonchev–Trinajstić information content (AvgIpc) is 3.62. The van der Waals surface area contributed by atoms with E-state index in [2.05, 4.69) is 22.2 Å². The molecule has 9 nitrogen and oxygen atoms in total. The Morgan fingerprint density at radius 2 is 1.64 bits per heavy atom. The van der Waals surface area contributed by atoms with Crippen molar-refractivity contribution in [1.29, 1.82) is 0 Å². The van der Waals surface area contributed by atoms with Crippen molar-refractivity contribution in [2.24, 2.45) is 11.8 Å². The summed E-state index contributed by atoms with van der Waals surface area (Å²) >= 11 is 0. The van der Waals surface area contributed by atoms with E-state index >= 15 is 0 Å². The van der Waals surface area contributed by atoms with Crippen molar-refractivity contribution < 1.29 is 19.5 Å². The molecule has 2 fully saturated rings. The number of carboxylic acid groups (broad SMARTS) is 1. The summed E-state index contributed by atoms with van der Waals surface area (Å²) < 4.78 is 1.76. The molecule has 1 unspecified atom stereocenters. The van der Waals surface area contributed by atoms with E-state index in [1.165, 1.54) is 0 Å². The number of carboxylic acids is 1. The first-order valence-corrected chi connectivity index (χ1v) is 13.8. The highest BCUT2D eigenvalue weighted by atomic mass is 16.4. The van der Waals surface area contributed by atoms with E-state index in [-0.39, 0.29) is 11.8 Å². The summed E-state index contributed by atoms with van der Waals surface area (Å²) in [6.07, 6.45) is 2.91. The highest BCUT2D eigenvalue weighted by Gasteiger charge is 2.40.